The van der Waals surface area contributed by atoms with Crippen molar-refractivity contribution in [1.29, 1.82) is 0 Å². The summed E-state index contributed by atoms with van der Waals surface area (Å²) in [4.78, 5) is 10.7. The van der Waals surface area contributed by atoms with Crippen LogP contribution in [0.1, 0.15) is 17.9 Å². The predicted molar refractivity (Wildman–Crippen MR) is 48.3 cm³/mol. The van der Waals surface area contributed by atoms with E-state index in [0.29, 0.717) is 0 Å². The van der Waals surface area contributed by atoms with E-state index in [9.17, 15) is 13.6 Å². The number of halogens is 2. The molecule has 3 N–H and O–H groups in total. The number of hydrogen-bond acceptors (Lipinski definition) is 2. The van der Waals surface area contributed by atoms with Crippen molar-refractivity contribution in [2.24, 2.45) is 5.73 Å². The maximum atomic E-state index is 13.3. The molecule has 2 rings (SSSR count). The van der Waals surface area contributed by atoms with Crippen molar-refractivity contribution >= 4 is 5.97 Å². The highest BCUT2D eigenvalue weighted by molar-refractivity contribution is 5.84. The molecule has 1 aromatic carbocycles. The highest BCUT2D eigenvalue weighted by Gasteiger charge is 2.59. The first-order valence-electron chi connectivity index (χ1n) is 4.42. The second kappa shape index (κ2) is 3.00. The van der Waals surface area contributed by atoms with Crippen LogP contribution in [0.4, 0.5) is 8.78 Å². The average Bonchev–Trinajstić information content (AvgIpc) is 2.79. The molecule has 0 bridgehead atoms. The molecule has 0 aliphatic heterocycles. The van der Waals surface area contributed by atoms with Crippen molar-refractivity contribution in [2.75, 3.05) is 0 Å². The van der Waals surface area contributed by atoms with Crippen LogP contribution in [0.5, 0.6) is 0 Å². The van der Waals surface area contributed by atoms with Gasteiger partial charge in [-0.3, -0.25) is 4.79 Å². The molecule has 1 aliphatic carbocycles. The van der Waals surface area contributed by atoms with Gasteiger partial charge in [-0.1, -0.05) is 6.07 Å². The molecule has 3 nitrogen and oxygen atoms in total. The largest absolute Gasteiger partial charge is 0.480 e. The lowest BCUT2D eigenvalue weighted by atomic mass is 10.1. The zero-order chi connectivity index (χ0) is 11.2. The fourth-order valence-corrected chi connectivity index (χ4v) is 1.69. The molecule has 0 heterocycles. The van der Waals surface area contributed by atoms with Gasteiger partial charge in [-0.05, 0) is 18.1 Å². The predicted octanol–water partition coefficient (Wildman–Crippen LogP) is 1.23. The number of nitrogens with two attached hydrogens (primary N) is 1. The maximum absolute atomic E-state index is 13.3. The summed E-state index contributed by atoms with van der Waals surface area (Å²) in [7, 11) is 0. The normalized spacial score (nSPS) is 28.9. The monoisotopic (exact) mass is 213 g/mol. The number of rotatable bonds is 2. The third-order valence-electron chi connectivity index (χ3n) is 2.74. The lowest BCUT2D eigenvalue weighted by Crippen LogP contribution is -2.34. The SMILES string of the molecule is N[C@@]1(C(=O)O)C[C@H]1c1ccc(F)cc1F. The first-order chi connectivity index (χ1) is 6.95. The molecular weight excluding hydrogens is 204 g/mol. The second-order valence-electron chi connectivity index (χ2n) is 3.77. The lowest BCUT2D eigenvalue weighted by molar-refractivity contribution is -0.139. The van der Waals surface area contributed by atoms with Crippen LogP contribution in [0.15, 0.2) is 18.2 Å². The molecule has 80 valence electrons. The summed E-state index contributed by atoms with van der Waals surface area (Å²) in [6, 6.07) is 3.07. The molecule has 1 fully saturated rings. The van der Waals surface area contributed by atoms with Crippen molar-refractivity contribution in [2.45, 2.75) is 17.9 Å². The quantitative estimate of drug-likeness (QED) is 0.776. The Morgan fingerprint density at radius 3 is 2.67 bits per heavy atom. The molecule has 1 aliphatic rings. The molecule has 0 aromatic heterocycles. The minimum Gasteiger partial charge on any atom is -0.480 e. The van der Waals surface area contributed by atoms with Gasteiger partial charge in [-0.15, -0.1) is 0 Å². The zero-order valence-corrected chi connectivity index (χ0v) is 7.71. The molecule has 15 heavy (non-hydrogen) atoms. The fourth-order valence-electron chi connectivity index (χ4n) is 1.69. The van der Waals surface area contributed by atoms with Gasteiger partial charge in [0.1, 0.15) is 17.2 Å². The van der Waals surface area contributed by atoms with E-state index in [0.717, 1.165) is 12.1 Å². The Morgan fingerprint density at radius 1 is 1.53 bits per heavy atom. The Bertz CT molecular complexity index is 435. The standard InChI is InChI=1S/C10H9F2NO2/c11-5-1-2-6(8(12)3-5)7-4-10(7,13)9(14)15/h1-3,7H,4,13H2,(H,14,15)/t7-,10-/m0/s1. The average molecular weight is 213 g/mol. The van der Waals surface area contributed by atoms with Gasteiger partial charge < -0.3 is 10.8 Å². The van der Waals surface area contributed by atoms with Gasteiger partial charge in [0.25, 0.3) is 0 Å². The Labute approximate surface area is 84.5 Å². The van der Waals surface area contributed by atoms with Crippen LogP contribution in [0, 0.1) is 11.6 Å². The molecule has 0 radical (unpaired) electrons. The highest BCUT2D eigenvalue weighted by Crippen LogP contribution is 2.50. The highest BCUT2D eigenvalue weighted by atomic mass is 19.1. The number of carbonyl (C=O) groups is 1. The van der Waals surface area contributed by atoms with Crippen LogP contribution in [0.25, 0.3) is 0 Å². The van der Waals surface area contributed by atoms with Gasteiger partial charge >= 0.3 is 5.97 Å². The third kappa shape index (κ3) is 1.48. The van der Waals surface area contributed by atoms with Gasteiger partial charge in [0.15, 0.2) is 0 Å². The van der Waals surface area contributed by atoms with E-state index in [4.69, 9.17) is 10.8 Å². The minimum absolute atomic E-state index is 0.168. The maximum Gasteiger partial charge on any atom is 0.324 e. The summed E-state index contributed by atoms with van der Waals surface area (Å²) in [6.07, 6.45) is 0.185. The van der Waals surface area contributed by atoms with Gasteiger partial charge in [0.2, 0.25) is 0 Å². The fraction of sp³-hybridized carbons (Fsp3) is 0.300. The molecule has 2 atom stereocenters. The van der Waals surface area contributed by atoms with Crippen molar-refractivity contribution in [3.05, 3.63) is 35.4 Å². The smallest absolute Gasteiger partial charge is 0.324 e. The van der Waals surface area contributed by atoms with Gasteiger partial charge in [0.05, 0.1) is 0 Å². The lowest BCUT2D eigenvalue weighted by Gasteiger charge is -2.06. The number of hydrogen-bond donors (Lipinski definition) is 2. The molecule has 0 saturated heterocycles. The second-order valence-corrected chi connectivity index (χ2v) is 3.77. The molecule has 5 heteroatoms. The van der Waals surface area contributed by atoms with Crippen LogP contribution in [-0.2, 0) is 4.79 Å². The first-order valence-corrected chi connectivity index (χ1v) is 4.42. The molecule has 1 saturated carbocycles. The van der Waals surface area contributed by atoms with E-state index in [2.05, 4.69) is 0 Å². The molecule has 0 unspecified atom stereocenters. The number of aliphatic carboxylic acids is 1. The van der Waals surface area contributed by atoms with Crippen LogP contribution in [0.2, 0.25) is 0 Å². The Balaban J connectivity index is 2.31. The van der Waals surface area contributed by atoms with Gasteiger partial charge in [0, 0.05) is 12.0 Å². The summed E-state index contributed by atoms with van der Waals surface area (Å²) in [5, 5.41) is 8.77. The van der Waals surface area contributed by atoms with Crippen LogP contribution < -0.4 is 5.73 Å². The van der Waals surface area contributed by atoms with Crippen molar-refractivity contribution < 1.29 is 18.7 Å². The van der Waals surface area contributed by atoms with Crippen molar-refractivity contribution in [1.82, 2.24) is 0 Å². The Hall–Kier alpha value is -1.49. The molecule has 0 amide bonds. The topological polar surface area (TPSA) is 63.3 Å². The van der Waals surface area contributed by atoms with Crippen molar-refractivity contribution in [3.63, 3.8) is 0 Å². The first kappa shape index (κ1) is 10.0. The minimum atomic E-state index is -1.39. The van der Waals surface area contributed by atoms with Crippen LogP contribution in [-0.4, -0.2) is 16.6 Å². The van der Waals surface area contributed by atoms with E-state index in [1.165, 1.54) is 6.07 Å². The van der Waals surface area contributed by atoms with Crippen LogP contribution >= 0.6 is 0 Å². The Kier molecular flexibility index (Phi) is 2.01. The van der Waals surface area contributed by atoms with Gasteiger partial charge in [-0.2, -0.15) is 0 Å². The number of carboxylic acid groups (broad SMARTS) is 1. The van der Waals surface area contributed by atoms with E-state index in [-0.39, 0.29) is 12.0 Å². The zero-order valence-electron chi connectivity index (χ0n) is 7.71. The van der Waals surface area contributed by atoms with E-state index in [1.54, 1.807) is 0 Å². The number of carboxylic acids is 1. The third-order valence-corrected chi connectivity index (χ3v) is 2.74. The molecule has 1 aromatic rings. The van der Waals surface area contributed by atoms with Crippen molar-refractivity contribution in [3.8, 4) is 0 Å². The van der Waals surface area contributed by atoms with E-state index >= 15 is 0 Å². The molecular formula is C10H9F2NO2. The summed E-state index contributed by atoms with van der Waals surface area (Å²) >= 11 is 0. The van der Waals surface area contributed by atoms with E-state index in [1.807, 2.05) is 0 Å². The summed E-state index contributed by atoms with van der Waals surface area (Å²) in [6.45, 7) is 0. The summed E-state index contributed by atoms with van der Waals surface area (Å²) in [5.74, 6) is -3.14. The Morgan fingerprint density at radius 2 is 2.20 bits per heavy atom. The van der Waals surface area contributed by atoms with Crippen LogP contribution in [0.3, 0.4) is 0 Å². The number of benzene rings is 1. The summed E-state index contributed by atoms with van der Waals surface area (Å²) < 4.78 is 25.9. The molecule has 0 spiro atoms. The van der Waals surface area contributed by atoms with Gasteiger partial charge in [-0.25, -0.2) is 8.78 Å². The van der Waals surface area contributed by atoms with E-state index < -0.39 is 29.1 Å². The summed E-state index contributed by atoms with van der Waals surface area (Å²) in [5.41, 5.74) is 4.29.